The number of hydrogen-bond acceptors (Lipinski definition) is 4. The van der Waals surface area contributed by atoms with Crippen molar-refractivity contribution in [1.29, 1.82) is 0 Å². The Morgan fingerprint density at radius 1 is 1.35 bits per heavy atom. The molecule has 1 aromatic rings. The van der Waals surface area contributed by atoms with Gasteiger partial charge in [-0.25, -0.2) is 4.79 Å². The largest absolute Gasteiger partial charge is 0.496 e. The molecule has 0 aromatic heterocycles. The Morgan fingerprint density at radius 3 is 2.61 bits per heavy atom. The van der Waals surface area contributed by atoms with E-state index in [9.17, 15) is 4.79 Å². The molecule has 5 nitrogen and oxygen atoms in total. The molecule has 0 aliphatic rings. The zero-order chi connectivity index (χ0) is 17.5. The standard InChI is InChI=1S/C17H27ClN2O3/c1-6-12(10-20-16(21)23-17(2,3)4)19-11-13-14(18)8-7-9-15(13)22-5/h7-9,12,19H,6,10-11H2,1-5H3,(H,20,21). The van der Waals surface area contributed by atoms with Crippen molar-refractivity contribution in [1.82, 2.24) is 10.6 Å². The van der Waals surface area contributed by atoms with Crippen LogP contribution in [0.5, 0.6) is 5.75 Å². The molecule has 0 fully saturated rings. The van der Waals surface area contributed by atoms with Gasteiger partial charge in [-0.05, 0) is 39.3 Å². The van der Waals surface area contributed by atoms with Crippen molar-refractivity contribution in [3.8, 4) is 5.75 Å². The van der Waals surface area contributed by atoms with Crippen molar-refractivity contribution >= 4 is 17.7 Å². The van der Waals surface area contributed by atoms with Crippen LogP contribution in [0, 0.1) is 0 Å². The number of amides is 1. The van der Waals surface area contributed by atoms with E-state index in [1.54, 1.807) is 7.11 Å². The van der Waals surface area contributed by atoms with E-state index in [0.29, 0.717) is 18.1 Å². The Morgan fingerprint density at radius 2 is 2.04 bits per heavy atom. The average molecular weight is 343 g/mol. The van der Waals surface area contributed by atoms with E-state index in [0.717, 1.165) is 17.7 Å². The summed E-state index contributed by atoms with van der Waals surface area (Å²) in [5.41, 5.74) is 0.414. The van der Waals surface area contributed by atoms with Crippen LogP contribution in [0.4, 0.5) is 4.79 Å². The lowest BCUT2D eigenvalue weighted by Gasteiger charge is -2.22. The van der Waals surface area contributed by atoms with Crippen molar-refractivity contribution in [3.05, 3.63) is 28.8 Å². The first-order valence-corrected chi connectivity index (χ1v) is 8.16. The minimum atomic E-state index is -0.496. The Kier molecular flexibility index (Phi) is 7.65. The van der Waals surface area contributed by atoms with E-state index in [1.807, 2.05) is 39.0 Å². The second kappa shape index (κ2) is 8.99. The molecule has 0 saturated carbocycles. The van der Waals surface area contributed by atoms with E-state index in [4.69, 9.17) is 21.1 Å². The molecule has 1 amide bonds. The first-order valence-electron chi connectivity index (χ1n) is 7.78. The van der Waals surface area contributed by atoms with Crippen LogP contribution in [0.3, 0.4) is 0 Å². The molecular weight excluding hydrogens is 316 g/mol. The number of alkyl carbamates (subject to hydrolysis) is 1. The number of ether oxygens (including phenoxy) is 2. The van der Waals surface area contributed by atoms with Crippen LogP contribution in [0.2, 0.25) is 5.02 Å². The summed E-state index contributed by atoms with van der Waals surface area (Å²) in [6, 6.07) is 5.68. The summed E-state index contributed by atoms with van der Waals surface area (Å²) in [5, 5.41) is 6.83. The van der Waals surface area contributed by atoms with Gasteiger partial charge in [-0.1, -0.05) is 24.6 Å². The van der Waals surface area contributed by atoms with Gasteiger partial charge in [-0.15, -0.1) is 0 Å². The predicted octanol–water partition coefficient (Wildman–Crippen LogP) is 3.74. The van der Waals surface area contributed by atoms with Gasteiger partial charge in [0.05, 0.1) is 7.11 Å². The molecule has 1 unspecified atom stereocenters. The first kappa shape index (κ1) is 19.6. The maximum Gasteiger partial charge on any atom is 0.407 e. The average Bonchev–Trinajstić information content (AvgIpc) is 2.46. The van der Waals surface area contributed by atoms with Gasteiger partial charge in [0.25, 0.3) is 0 Å². The van der Waals surface area contributed by atoms with E-state index in [1.165, 1.54) is 0 Å². The van der Waals surface area contributed by atoms with Crippen molar-refractivity contribution in [2.75, 3.05) is 13.7 Å². The van der Waals surface area contributed by atoms with Gasteiger partial charge in [0, 0.05) is 29.7 Å². The molecule has 1 aromatic carbocycles. The molecule has 0 heterocycles. The first-order chi connectivity index (χ1) is 10.8. The maximum atomic E-state index is 11.7. The summed E-state index contributed by atoms with van der Waals surface area (Å²) in [7, 11) is 1.62. The fraction of sp³-hybridized carbons (Fsp3) is 0.588. The highest BCUT2D eigenvalue weighted by atomic mass is 35.5. The lowest BCUT2D eigenvalue weighted by Crippen LogP contribution is -2.42. The fourth-order valence-corrected chi connectivity index (χ4v) is 2.26. The summed E-state index contributed by atoms with van der Waals surface area (Å²) in [6.07, 6.45) is 0.454. The lowest BCUT2D eigenvalue weighted by atomic mass is 10.1. The number of carbonyl (C=O) groups is 1. The number of carbonyl (C=O) groups excluding carboxylic acids is 1. The van der Waals surface area contributed by atoms with Crippen LogP contribution >= 0.6 is 11.6 Å². The number of benzene rings is 1. The second-order valence-electron chi connectivity index (χ2n) is 6.29. The molecular formula is C17H27ClN2O3. The van der Waals surface area contributed by atoms with Gasteiger partial charge in [-0.3, -0.25) is 0 Å². The van der Waals surface area contributed by atoms with Crippen molar-refractivity contribution in [3.63, 3.8) is 0 Å². The molecule has 2 N–H and O–H groups in total. The fourth-order valence-electron chi connectivity index (χ4n) is 2.03. The topological polar surface area (TPSA) is 59.6 Å². The van der Waals surface area contributed by atoms with E-state index in [-0.39, 0.29) is 6.04 Å². The molecule has 0 aliphatic carbocycles. The monoisotopic (exact) mass is 342 g/mol. The smallest absolute Gasteiger partial charge is 0.407 e. The van der Waals surface area contributed by atoms with Crippen LogP contribution in [0.25, 0.3) is 0 Å². The van der Waals surface area contributed by atoms with Crippen molar-refractivity contribution in [2.24, 2.45) is 0 Å². The predicted molar refractivity (Wildman–Crippen MR) is 93.2 cm³/mol. The molecule has 23 heavy (non-hydrogen) atoms. The highest BCUT2D eigenvalue weighted by molar-refractivity contribution is 6.31. The van der Waals surface area contributed by atoms with Gasteiger partial charge in [0.15, 0.2) is 0 Å². The Bertz CT molecular complexity index is 515. The third kappa shape index (κ3) is 7.10. The van der Waals surface area contributed by atoms with Gasteiger partial charge in [-0.2, -0.15) is 0 Å². The van der Waals surface area contributed by atoms with E-state index in [2.05, 4.69) is 17.6 Å². The van der Waals surface area contributed by atoms with Gasteiger partial charge in [0.1, 0.15) is 11.4 Å². The highest BCUT2D eigenvalue weighted by Crippen LogP contribution is 2.26. The summed E-state index contributed by atoms with van der Waals surface area (Å²) in [5.74, 6) is 0.750. The molecule has 0 aliphatic heterocycles. The van der Waals surface area contributed by atoms with Gasteiger partial charge in [0.2, 0.25) is 0 Å². The third-order valence-corrected chi connectivity index (χ3v) is 3.60. The normalized spacial score (nSPS) is 12.6. The zero-order valence-corrected chi connectivity index (χ0v) is 15.3. The Labute approximate surface area is 143 Å². The van der Waals surface area contributed by atoms with Gasteiger partial charge < -0.3 is 20.1 Å². The maximum absolute atomic E-state index is 11.7. The Balaban J connectivity index is 2.53. The summed E-state index contributed by atoms with van der Waals surface area (Å²) < 4.78 is 10.6. The minimum absolute atomic E-state index is 0.114. The third-order valence-electron chi connectivity index (χ3n) is 3.25. The van der Waals surface area contributed by atoms with E-state index < -0.39 is 11.7 Å². The summed E-state index contributed by atoms with van der Waals surface area (Å²) >= 11 is 6.23. The molecule has 0 spiro atoms. The highest BCUT2D eigenvalue weighted by Gasteiger charge is 2.17. The molecule has 1 atom stereocenters. The van der Waals surface area contributed by atoms with Crippen molar-refractivity contribution < 1.29 is 14.3 Å². The number of nitrogens with one attached hydrogen (secondary N) is 2. The number of hydrogen-bond donors (Lipinski definition) is 2. The van der Waals surface area contributed by atoms with Crippen LogP contribution in [0.1, 0.15) is 39.7 Å². The van der Waals surface area contributed by atoms with Crippen molar-refractivity contribution in [2.45, 2.75) is 52.3 Å². The number of rotatable bonds is 7. The molecule has 0 radical (unpaired) electrons. The second-order valence-corrected chi connectivity index (χ2v) is 6.70. The molecule has 0 saturated heterocycles. The van der Waals surface area contributed by atoms with Crippen LogP contribution in [-0.2, 0) is 11.3 Å². The van der Waals surface area contributed by atoms with Crippen LogP contribution < -0.4 is 15.4 Å². The van der Waals surface area contributed by atoms with Gasteiger partial charge >= 0.3 is 6.09 Å². The Hall–Kier alpha value is -1.46. The molecule has 1 rings (SSSR count). The molecule has 0 bridgehead atoms. The molecule has 6 heteroatoms. The van der Waals surface area contributed by atoms with E-state index >= 15 is 0 Å². The zero-order valence-electron chi connectivity index (χ0n) is 14.5. The molecule has 130 valence electrons. The summed E-state index contributed by atoms with van der Waals surface area (Å²) in [6.45, 7) is 8.62. The van der Waals surface area contributed by atoms with Crippen LogP contribution in [-0.4, -0.2) is 31.4 Å². The quantitative estimate of drug-likeness (QED) is 0.792. The SMILES string of the molecule is CCC(CNC(=O)OC(C)(C)C)NCc1c(Cl)cccc1OC. The lowest BCUT2D eigenvalue weighted by molar-refractivity contribution is 0.0522. The number of methoxy groups -OCH3 is 1. The number of halogens is 1. The minimum Gasteiger partial charge on any atom is -0.496 e. The van der Waals surface area contributed by atoms with Crippen LogP contribution in [0.15, 0.2) is 18.2 Å². The summed E-state index contributed by atoms with van der Waals surface area (Å²) in [4.78, 5) is 11.7.